The van der Waals surface area contributed by atoms with E-state index < -0.39 is 0 Å². The molecule has 0 aliphatic rings. The zero-order chi connectivity index (χ0) is 12.1. The quantitative estimate of drug-likeness (QED) is 0.729. The number of nitrogens with zero attached hydrogens (tertiary/aromatic N) is 1. The van der Waals surface area contributed by atoms with Crippen LogP contribution < -0.4 is 4.74 Å². The number of ether oxygens (including phenoxy) is 1. The lowest BCUT2D eigenvalue weighted by Crippen LogP contribution is -2.30. The molecule has 0 atom stereocenters. The topological polar surface area (TPSA) is 38.8 Å². The Kier molecular flexibility index (Phi) is 4.31. The maximum absolute atomic E-state index is 11.4. The highest BCUT2D eigenvalue weighted by Crippen LogP contribution is 2.16. The van der Waals surface area contributed by atoms with E-state index in [4.69, 9.17) is 9.57 Å². The molecule has 0 spiro atoms. The summed E-state index contributed by atoms with van der Waals surface area (Å²) < 4.78 is 5.38. The van der Waals surface area contributed by atoms with Gasteiger partial charge in [0, 0.05) is 7.05 Å². The van der Waals surface area contributed by atoms with Gasteiger partial charge in [-0.1, -0.05) is 6.07 Å². The summed E-state index contributed by atoms with van der Waals surface area (Å²) in [5.74, 6) is 0.483. The van der Waals surface area contributed by atoms with Crippen LogP contribution in [0.2, 0.25) is 0 Å². The predicted octanol–water partition coefficient (Wildman–Crippen LogP) is 1.70. The molecular weight excluding hydrogens is 206 g/mol. The molecule has 1 aromatic rings. The first-order valence-electron chi connectivity index (χ1n) is 5.04. The fourth-order valence-corrected chi connectivity index (χ4v) is 1.35. The van der Waals surface area contributed by atoms with E-state index >= 15 is 0 Å². The van der Waals surface area contributed by atoms with Crippen LogP contribution in [0.25, 0.3) is 0 Å². The zero-order valence-corrected chi connectivity index (χ0v) is 10.1. The van der Waals surface area contributed by atoms with Crippen molar-refractivity contribution in [1.29, 1.82) is 0 Å². The Morgan fingerprint density at radius 1 is 1.25 bits per heavy atom. The summed E-state index contributed by atoms with van der Waals surface area (Å²) in [7, 11) is 2.99. The van der Waals surface area contributed by atoms with Crippen LogP contribution in [0.4, 0.5) is 0 Å². The van der Waals surface area contributed by atoms with Crippen LogP contribution in [0.1, 0.15) is 11.1 Å². The van der Waals surface area contributed by atoms with Crippen molar-refractivity contribution in [1.82, 2.24) is 5.06 Å². The minimum absolute atomic E-state index is 0.0206. The number of rotatable bonds is 4. The van der Waals surface area contributed by atoms with Gasteiger partial charge in [0.05, 0.1) is 7.11 Å². The fraction of sp³-hybridized carbons (Fsp3) is 0.417. The molecule has 0 aliphatic carbocycles. The molecule has 16 heavy (non-hydrogen) atoms. The van der Waals surface area contributed by atoms with Gasteiger partial charge in [0.25, 0.3) is 5.91 Å². The smallest absolute Gasteiger partial charge is 0.283 e. The summed E-state index contributed by atoms with van der Waals surface area (Å²) in [6, 6.07) is 5.84. The second kappa shape index (κ2) is 5.51. The predicted molar refractivity (Wildman–Crippen MR) is 61.2 cm³/mol. The summed E-state index contributed by atoms with van der Waals surface area (Å²) in [5.41, 5.74) is 2.23. The van der Waals surface area contributed by atoms with Crippen molar-refractivity contribution < 1.29 is 14.4 Å². The number of carbonyl (C=O) groups excluding carboxylic acids is 1. The van der Waals surface area contributed by atoms with Crippen molar-refractivity contribution >= 4 is 5.91 Å². The summed E-state index contributed by atoms with van der Waals surface area (Å²) >= 11 is 0. The third kappa shape index (κ3) is 3.55. The third-order valence-electron chi connectivity index (χ3n) is 2.18. The number of hydrogen-bond donors (Lipinski definition) is 0. The van der Waals surface area contributed by atoms with Crippen LogP contribution in [0.3, 0.4) is 0 Å². The Bertz CT molecular complexity index is 356. The summed E-state index contributed by atoms with van der Waals surface area (Å²) in [4.78, 5) is 16.1. The van der Waals surface area contributed by atoms with E-state index in [2.05, 4.69) is 6.07 Å². The molecular formula is C12H17NO3. The van der Waals surface area contributed by atoms with Crippen LogP contribution in [0, 0.1) is 13.8 Å². The highest BCUT2D eigenvalue weighted by atomic mass is 16.7. The van der Waals surface area contributed by atoms with E-state index in [-0.39, 0.29) is 12.5 Å². The number of hydroxylamine groups is 2. The molecule has 1 rings (SSSR count). The van der Waals surface area contributed by atoms with Gasteiger partial charge in [0.1, 0.15) is 5.75 Å². The average molecular weight is 223 g/mol. The molecule has 88 valence electrons. The molecule has 1 aromatic carbocycles. The van der Waals surface area contributed by atoms with Crippen molar-refractivity contribution in [3.05, 3.63) is 29.3 Å². The average Bonchev–Trinajstić information content (AvgIpc) is 2.23. The van der Waals surface area contributed by atoms with Crippen LogP contribution in [0.5, 0.6) is 5.75 Å². The van der Waals surface area contributed by atoms with E-state index in [1.165, 1.54) is 7.11 Å². The van der Waals surface area contributed by atoms with E-state index in [0.29, 0.717) is 5.75 Å². The van der Waals surface area contributed by atoms with Crippen molar-refractivity contribution in [3.63, 3.8) is 0 Å². The number of aryl methyl sites for hydroxylation is 2. The van der Waals surface area contributed by atoms with Gasteiger partial charge in [0.2, 0.25) is 0 Å². The second-order valence-electron chi connectivity index (χ2n) is 3.69. The third-order valence-corrected chi connectivity index (χ3v) is 2.18. The highest BCUT2D eigenvalue weighted by molar-refractivity contribution is 5.76. The van der Waals surface area contributed by atoms with Crippen LogP contribution in [-0.2, 0) is 9.63 Å². The van der Waals surface area contributed by atoms with Crippen molar-refractivity contribution in [2.24, 2.45) is 0 Å². The standard InChI is InChI=1S/C12H17NO3/c1-9-5-10(2)7-11(6-9)16-8-12(14)13(3)15-4/h5-7H,8H2,1-4H3. The number of benzene rings is 1. The molecule has 0 unspecified atom stereocenters. The van der Waals surface area contributed by atoms with Gasteiger partial charge < -0.3 is 4.74 Å². The van der Waals surface area contributed by atoms with Gasteiger partial charge in [-0.05, 0) is 37.1 Å². The SMILES string of the molecule is CON(C)C(=O)COc1cc(C)cc(C)c1. The summed E-state index contributed by atoms with van der Waals surface area (Å²) in [6.07, 6.45) is 0. The van der Waals surface area contributed by atoms with E-state index in [1.807, 2.05) is 26.0 Å². The monoisotopic (exact) mass is 223 g/mol. The molecule has 0 bridgehead atoms. The van der Waals surface area contributed by atoms with Gasteiger partial charge in [-0.2, -0.15) is 0 Å². The lowest BCUT2D eigenvalue weighted by Gasteiger charge is -2.14. The van der Waals surface area contributed by atoms with Gasteiger partial charge in [-0.25, -0.2) is 5.06 Å². The zero-order valence-electron chi connectivity index (χ0n) is 10.1. The van der Waals surface area contributed by atoms with Gasteiger partial charge in [-0.3, -0.25) is 9.63 Å². The maximum atomic E-state index is 11.4. The second-order valence-corrected chi connectivity index (χ2v) is 3.69. The molecule has 4 heteroatoms. The minimum atomic E-state index is -0.221. The van der Waals surface area contributed by atoms with Gasteiger partial charge in [-0.15, -0.1) is 0 Å². The fourth-order valence-electron chi connectivity index (χ4n) is 1.35. The molecule has 4 nitrogen and oxygen atoms in total. The molecule has 1 amide bonds. The van der Waals surface area contributed by atoms with Gasteiger partial charge >= 0.3 is 0 Å². The number of amides is 1. The minimum Gasteiger partial charge on any atom is -0.484 e. The van der Waals surface area contributed by atoms with Gasteiger partial charge in [0.15, 0.2) is 6.61 Å². The first kappa shape index (κ1) is 12.5. The van der Waals surface area contributed by atoms with Crippen LogP contribution in [0.15, 0.2) is 18.2 Å². The normalized spacial score (nSPS) is 10.0. The van der Waals surface area contributed by atoms with Crippen molar-refractivity contribution in [2.75, 3.05) is 20.8 Å². The van der Waals surface area contributed by atoms with Crippen LogP contribution in [-0.4, -0.2) is 31.7 Å². The van der Waals surface area contributed by atoms with E-state index in [0.717, 1.165) is 16.2 Å². The molecule has 0 fully saturated rings. The Balaban J connectivity index is 2.58. The molecule has 0 N–H and O–H groups in total. The molecule has 0 saturated heterocycles. The van der Waals surface area contributed by atoms with Crippen LogP contribution >= 0.6 is 0 Å². The summed E-state index contributed by atoms with van der Waals surface area (Å²) in [6.45, 7) is 3.96. The van der Waals surface area contributed by atoms with E-state index in [1.54, 1.807) is 7.05 Å². The lowest BCUT2D eigenvalue weighted by molar-refractivity contribution is -0.170. The molecule has 0 aliphatic heterocycles. The Morgan fingerprint density at radius 2 is 1.81 bits per heavy atom. The number of likely N-dealkylation sites (N-methyl/N-ethyl adjacent to an activating group) is 1. The molecule has 0 aromatic heterocycles. The Labute approximate surface area is 95.7 Å². The number of hydrogen-bond acceptors (Lipinski definition) is 3. The Hall–Kier alpha value is -1.55. The highest BCUT2D eigenvalue weighted by Gasteiger charge is 2.08. The maximum Gasteiger partial charge on any atom is 0.283 e. The largest absolute Gasteiger partial charge is 0.484 e. The first-order valence-corrected chi connectivity index (χ1v) is 5.04. The van der Waals surface area contributed by atoms with E-state index in [9.17, 15) is 4.79 Å². The summed E-state index contributed by atoms with van der Waals surface area (Å²) in [5, 5.41) is 1.14. The molecule has 0 heterocycles. The molecule has 0 radical (unpaired) electrons. The number of carbonyl (C=O) groups is 1. The molecule has 0 saturated carbocycles. The Morgan fingerprint density at radius 3 is 2.31 bits per heavy atom. The first-order chi connectivity index (χ1) is 7.52. The van der Waals surface area contributed by atoms with Crippen molar-refractivity contribution in [3.8, 4) is 5.75 Å². The van der Waals surface area contributed by atoms with Crippen molar-refractivity contribution in [2.45, 2.75) is 13.8 Å². The lowest BCUT2D eigenvalue weighted by atomic mass is 10.1.